The first-order valence-electron chi connectivity index (χ1n) is 5.28. The number of hydrogen-bond acceptors (Lipinski definition) is 3. The molecular weight excluding hydrogens is 174 g/mol. The second-order valence-corrected chi connectivity index (χ2v) is 4.46. The van der Waals surface area contributed by atoms with E-state index in [2.05, 4.69) is 22.2 Å². The van der Waals surface area contributed by atoms with Crippen LogP contribution < -0.4 is 5.32 Å². The highest BCUT2D eigenvalue weighted by Crippen LogP contribution is 2.37. The van der Waals surface area contributed by atoms with Crippen LogP contribution in [0.5, 0.6) is 0 Å². The van der Waals surface area contributed by atoms with Crippen molar-refractivity contribution in [3.05, 3.63) is 18.6 Å². The van der Waals surface area contributed by atoms with Gasteiger partial charge < -0.3 is 5.32 Å². The molecule has 0 aromatic carbocycles. The Kier molecular flexibility index (Phi) is 2.66. The van der Waals surface area contributed by atoms with Gasteiger partial charge >= 0.3 is 0 Å². The lowest BCUT2D eigenvalue weighted by Gasteiger charge is -2.23. The standard InChI is InChI=1S/C11H17N3/c1-11(4-2-3-5-11)9-14-10-8-12-6-7-13-10/h6-8H,2-5,9H2,1H3,(H,13,14). The van der Waals surface area contributed by atoms with Gasteiger partial charge in [-0.25, -0.2) is 4.98 Å². The number of rotatable bonds is 3. The van der Waals surface area contributed by atoms with Gasteiger partial charge in [0.05, 0.1) is 6.20 Å². The molecule has 76 valence electrons. The van der Waals surface area contributed by atoms with E-state index >= 15 is 0 Å². The molecule has 1 N–H and O–H groups in total. The van der Waals surface area contributed by atoms with Gasteiger partial charge in [0, 0.05) is 18.9 Å². The molecule has 0 saturated heterocycles. The molecule has 0 spiro atoms. The predicted molar refractivity (Wildman–Crippen MR) is 57.1 cm³/mol. The molecule has 1 aliphatic carbocycles. The largest absolute Gasteiger partial charge is 0.368 e. The first-order valence-corrected chi connectivity index (χ1v) is 5.28. The fraction of sp³-hybridized carbons (Fsp3) is 0.636. The lowest BCUT2D eigenvalue weighted by molar-refractivity contribution is 0.361. The molecule has 3 heteroatoms. The van der Waals surface area contributed by atoms with Crippen LogP contribution in [0.1, 0.15) is 32.6 Å². The van der Waals surface area contributed by atoms with E-state index in [0.29, 0.717) is 5.41 Å². The number of nitrogens with one attached hydrogen (secondary N) is 1. The van der Waals surface area contributed by atoms with Crippen molar-refractivity contribution in [2.45, 2.75) is 32.6 Å². The highest BCUT2D eigenvalue weighted by atomic mass is 15.0. The van der Waals surface area contributed by atoms with Gasteiger partial charge in [-0.1, -0.05) is 19.8 Å². The third kappa shape index (κ3) is 2.22. The summed E-state index contributed by atoms with van der Waals surface area (Å²) in [6, 6.07) is 0. The first kappa shape index (κ1) is 9.44. The van der Waals surface area contributed by atoms with E-state index < -0.39 is 0 Å². The van der Waals surface area contributed by atoms with Crippen molar-refractivity contribution in [3.8, 4) is 0 Å². The van der Waals surface area contributed by atoms with Crippen LogP contribution in [0.4, 0.5) is 5.82 Å². The molecule has 1 aliphatic rings. The molecule has 0 bridgehead atoms. The second kappa shape index (κ2) is 3.95. The van der Waals surface area contributed by atoms with Crippen molar-refractivity contribution in [2.24, 2.45) is 5.41 Å². The average Bonchev–Trinajstić information content (AvgIpc) is 2.65. The van der Waals surface area contributed by atoms with E-state index in [1.165, 1.54) is 25.7 Å². The topological polar surface area (TPSA) is 37.8 Å². The Labute approximate surface area is 85.0 Å². The lowest BCUT2D eigenvalue weighted by atomic mass is 9.89. The van der Waals surface area contributed by atoms with E-state index in [1.807, 2.05) is 0 Å². The Morgan fingerprint density at radius 1 is 1.36 bits per heavy atom. The van der Waals surface area contributed by atoms with Gasteiger partial charge in [-0.15, -0.1) is 0 Å². The summed E-state index contributed by atoms with van der Waals surface area (Å²) in [4.78, 5) is 8.22. The Balaban J connectivity index is 1.88. The number of aromatic nitrogens is 2. The van der Waals surface area contributed by atoms with Crippen molar-refractivity contribution >= 4 is 5.82 Å². The Morgan fingerprint density at radius 3 is 2.79 bits per heavy atom. The molecule has 1 aromatic heterocycles. The fourth-order valence-electron chi connectivity index (χ4n) is 2.10. The summed E-state index contributed by atoms with van der Waals surface area (Å²) in [5.74, 6) is 0.889. The molecule has 0 amide bonds. The van der Waals surface area contributed by atoms with Gasteiger partial charge in [-0.05, 0) is 18.3 Å². The Bertz CT molecular complexity index is 278. The minimum atomic E-state index is 0.470. The summed E-state index contributed by atoms with van der Waals surface area (Å²) in [6.45, 7) is 3.37. The van der Waals surface area contributed by atoms with Gasteiger partial charge in [0.15, 0.2) is 0 Å². The van der Waals surface area contributed by atoms with Gasteiger partial charge in [-0.2, -0.15) is 0 Å². The minimum absolute atomic E-state index is 0.470. The fourth-order valence-corrected chi connectivity index (χ4v) is 2.10. The zero-order chi connectivity index (χ0) is 9.86. The van der Waals surface area contributed by atoms with Crippen LogP contribution in [0.2, 0.25) is 0 Å². The van der Waals surface area contributed by atoms with Crippen LogP contribution in [-0.2, 0) is 0 Å². The van der Waals surface area contributed by atoms with E-state index in [1.54, 1.807) is 18.6 Å². The highest BCUT2D eigenvalue weighted by molar-refractivity contribution is 5.30. The van der Waals surface area contributed by atoms with Gasteiger partial charge in [0.25, 0.3) is 0 Å². The molecule has 1 fully saturated rings. The maximum Gasteiger partial charge on any atom is 0.144 e. The molecule has 0 aliphatic heterocycles. The number of nitrogens with zero attached hydrogens (tertiary/aromatic N) is 2. The van der Waals surface area contributed by atoms with Gasteiger partial charge in [0.2, 0.25) is 0 Å². The average molecular weight is 191 g/mol. The number of anilines is 1. The van der Waals surface area contributed by atoms with E-state index in [-0.39, 0.29) is 0 Å². The molecule has 1 saturated carbocycles. The van der Waals surface area contributed by atoms with Crippen LogP contribution in [-0.4, -0.2) is 16.5 Å². The quantitative estimate of drug-likeness (QED) is 0.797. The summed E-state index contributed by atoms with van der Waals surface area (Å²) < 4.78 is 0. The summed E-state index contributed by atoms with van der Waals surface area (Å²) in [6.07, 6.45) is 10.6. The van der Waals surface area contributed by atoms with Crippen molar-refractivity contribution < 1.29 is 0 Å². The highest BCUT2D eigenvalue weighted by Gasteiger charge is 2.28. The minimum Gasteiger partial charge on any atom is -0.368 e. The normalized spacial score (nSPS) is 19.5. The monoisotopic (exact) mass is 191 g/mol. The lowest BCUT2D eigenvalue weighted by Crippen LogP contribution is -2.23. The van der Waals surface area contributed by atoms with Crippen LogP contribution in [0, 0.1) is 5.41 Å². The smallest absolute Gasteiger partial charge is 0.144 e. The molecule has 1 aromatic rings. The summed E-state index contributed by atoms with van der Waals surface area (Å²) >= 11 is 0. The Hall–Kier alpha value is -1.12. The molecule has 0 unspecified atom stereocenters. The van der Waals surface area contributed by atoms with Crippen molar-refractivity contribution in [2.75, 3.05) is 11.9 Å². The van der Waals surface area contributed by atoms with Crippen LogP contribution in [0.15, 0.2) is 18.6 Å². The predicted octanol–water partition coefficient (Wildman–Crippen LogP) is 2.47. The SMILES string of the molecule is CC1(CNc2cnccn2)CCCC1. The zero-order valence-electron chi connectivity index (χ0n) is 8.66. The third-order valence-corrected chi connectivity index (χ3v) is 3.07. The van der Waals surface area contributed by atoms with Gasteiger partial charge in [0.1, 0.15) is 5.82 Å². The summed E-state index contributed by atoms with van der Waals surface area (Å²) in [5.41, 5.74) is 0.470. The van der Waals surface area contributed by atoms with Crippen molar-refractivity contribution in [3.63, 3.8) is 0 Å². The maximum atomic E-state index is 4.20. The maximum absolute atomic E-state index is 4.20. The molecule has 14 heavy (non-hydrogen) atoms. The van der Waals surface area contributed by atoms with E-state index in [9.17, 15) is 0 Å². The molecule has 2 rings (SSSR count). The molecule has 1 heterocycles. The van der Waals surface area contributed by atoms with E-state index in [0.717, 1.165) is 12.4 Å². The van der Waals surface area contributed by atoms with E-state index in [4.69, 9.17) is 0 Å². The number of hydrogen-bond donors (Lipinski definition) is 1. The van der Waals surface area contributed by atoms with Crippen LogP contribution >= 0.6 is 0 Å². The second-order valence-electron chi connectivity index (χ2n) is 4.46. The third-order valence-electron chi connectivity index (χ3n) is 3.07. The van der Waals surface area contributed by atoms with Crippen molar-refractivity contribution in [1.29, 1.82) is 0 Å². The van der Waals surface area contributed by atoms with Crippen molar-refractivity contribution in [1.82, 2.24) is 9.97 Å². The summed E-state index contributed by atoms with van der Waals surface area (Å²) in [7, 11) is 0. The summed E-state index contributed by atoms with van der Waals surface area (Å²) in [5, 5.41) is 3.35. The van der Waals surface area contributed by atoms with Gasteiger partial charge in [-0.3, -0.25) is 4.98 Å². The van der Waals surface area contributed by atoms with Crippen LogP contribution in [0.3, 0.4) is 0 Å². The molecule has 0 radical (unpaired) electrons. The molecular formula is C11H17N3. The molecule has 3 nitrogen and oxygen atoms in total. The Morgan fingerprint density at radius 2 is 2.14 bits per heavy atom. The molecule has 0 atom stereocenters. The first-order chi connectivity index (χ1) is 6.79. The zero-order valence-corrected chi connectivity index (χ0v) is 8.66. The van der Waals surface area contributed by atoms with Crippen LogP contribution in [0.25, 0.3) is 0 Å².